The Bertz CT molecular complexity index is 849. The largest absolute Gasteiger partial charge is 0.446 e. The molecule has 7 nitrogen and oxygen atoms in total. The molecule has 1 unspecified atom stereocenters. The zero-order valence-electron chi connectivity index (χ0n) is 12.3. The van der Waals surface area contributed by atoms with Gasteiger partial charge < -0.3 is 10.1 Å². The smallest absolute Gasteiger partial charge is 0.416 e. The van der Waals surface area contributed by atoms with Crippen LogP contribution in [0, 0.1) is 17.1 Å². The number of hydrogen-bond acceptors (Lipinski definition) is 5. The molecule has 24 heavy (non-hydrogen) atoms. The lowest BCUT2D eigenvalue weighted by atomic mass is 10.2. The Balaban J connectivity index is 1.84. The van der Waals surface area contributed by atoms with Gasteiger partial charge in [0.25, 0.3) is 5.91 Å². The number of hydrogen-bond donors (Lipinski definition) is 1. The highest BCUT2D eigenvalue weighted by Gasteiger charge is 2.40. The van der Waals surface area contributed by atoms with Crippen molar-refractivity contribution in [3.63, 3.8) is 0 Å². The predicted molar refractivity (Wildman–Crippen MR) is 81.6 cm³/mol. The summed E-state index contributed by atoms with van der Waals surface area (Å²) in [7, 11) is 0. The number of pyridine rings is 1. The van der Waals surface area contributed by atoms with Crippen molar-refractivity contribution in [1.82, 2.24) is 4.98 Å². The second-order valence-corrected chi connectivity index (χ2v) is 4.98. The Labute approximate surface area is 136 Å². The van der Waals surface area contributed by atoms with Crippen molar-refractivity contribution in [3.05, 3.63) is 54.0 Å². The number of nitrogens with zero attached hydrogens (tertiary/aromatic N) is 3. The van der Waals surface area contributed by atoms with E-state index in [-0.39, 0.29) is 18.1 Å². The first-order chi connectivity index (χ1) is 11.6. The molecule has 120 valence electrons. The molecule has 1 aromatic heterocycles. The first-order valence-electron chi connectivity index (χ1n) is 6.97. The van der Waals surface area contributed by atoms with Gasteiger partial charge in [-0.3, -0.25) is 4.79 Å². The molecule has 2 amide bonds. The van der Waals surface area contributed by atoms with Crippen molar-refractivity contribution < 1.29 is 18.7 Å². The number of nitriles is 1. The van der Waals surface area contributed by atoms with E-state index in [0.29, 0.717) is 5.56 Å². The number of amides is 2. The number of rotatable bonds is 3. The highest BCUT2D eigenvalue weighted by atomic mass is 19.1. The number of ether oxygens (including phenoxy) is 1. The maximum Gasteiger partial charge on any atom is 0.416 e. The van der Waals surface area contributed by atoms with Crippen LogP contribution < -0.4 is 10.2 Å². The number of anilines is 2. The molecule has 0 saturated carbocycles. The van der Waals surface area contributed by atoms with Crippen LogP contribution in [0.15, 0.2) is 42.6 Å². The van der Waals surface area contributed by atoms with E-state index >= 15 is 0 Å². The van der Waals surface area contributed by atoms with Crippen LogP contribution in [-0.4, -0.2) is 29.6 Å². The standard InChI is InChI=1S/C16H11FN4O3/c17-11-2-1-3-12(7-11)20-15(22)13-9-24-16(23)21(13)14-6-10(8-18)4-5-19-14/h1-7,13H,9H2,(H,20,22). The van der Waals surface area contributed by atoms with Gasteiger partial charge in [-0.25, -0.2) is 19.1 Å². The summed E-state index contributed by atoms with van der Waals surface area (Å²) in [4.78, 5) is 29.4. The van der Waals surface area contributed by atoms with Gasteiger partial charge in [0.1, 0.15) is 18.2 Å². The summed E-state index contributed by atoms with van der Waals surface area (Å²) in [6, 6.07) is 9.22. The van der Waals surface area contributed by atoms with E-state index in [1.165, 1.54) is 36.5 Å². The van der Waals surface area contributed by atoms with Crippen LogP contribution in [0.5, 0.6) is 0 Å². The molecule has 0 aliphatic carbocycles. The fourth-order valence-corrected chi connectivity index (χ4v) is 2.28. The van der Waals surface area contributed by atoms with Crippen LogP contribution in [0.2, 0.25) is 0 Å². The third kappa shape index (κ3) is 3.01. The number of cyclic esters (lactones) is 1. The number of nitrogens with one attached hydrogen (secondary N) is 1. The summed E-state index contributed by atoms with van der Waals surface area (Å²) in [6.45, 7) is -0.168. The fraction of sp³-hybridized carbons (Fsp3) is 0.125. The lowest BCUT2D eigenvalue weighted by molar-refractivity contribution is -0.117. The van der Waals surface area contributed by atoms with Crippen LogP contribution in [0.25, 0.3) is 0 Å². The van der Waals surface area contributed by atoms with Gasteiger partial charge in [-0.15, -0.1) is 0 Å². The van der Waals surface area contributed by atoms with Gasteiger partial charge in [-0.1, -0.05) is 6.07 Å². The molecule has 1 fully saturated rings. The molecule has 1 aliphatic heterocycles. The van der Waals surface area contributed by atoms with Crippen LogP contribution in [-0.2, 0) is 9.53 Å². The van der Waals surface area contributed by atoms with Crippen LogP contribution in [0.3, 0.4) is 0 Å². The van der Waals surface area contributed by atoms with E-state index in [1.807, 2.05) is 6.07 Å². The Hall–Kier alpha value is -3.47. The summed E-state index contributed by atoms with van der Waals surface area (Å²) >= 11 is 0. The summed E-state index contributed by atoms with van der Waals surface area (Å²) in [5, 5.41) is 11.5. The molecule has 3 rings (SSSR count). The van der Waals surface area contributed by atoms with Crippen LogP contribution >= 0.6 is 0 Å². The number of aromatic nitrogens is 1. The average molecular weight is 326 g/mol. The monoisotopic (exact) mass is 326 g/mol. The molecule has 1 saturated heterocycles. The normalized spacial score (nSPS) is 16.4. The number of carbonyl (C=O) groups is 2. The molecule has 1 atom stereocenters. The topological polar surface area (TPSA) is 95.3 Å². The third-order valence-corrected chi connectivity index (χ3v) is 3.39. The molecule has 0 bridgehead atoms. The van der Waals surface area contributed by atoms with Crippen molar-refractivity contribution in [2.45, 2.75) is 6.04 Å². The molecular weight excluding hydrogens is 315 g/mol. The van der Waals surface area contributed by atoms with E-state index in [2.05, 4.69) is 10.3 Å². The molecule has 1 N–H and O–H groups in total. The van der Waals surface area contributed by atoms with E-state index in [0.717, 1.165) is 11.0 Å². The van der Waals surface area contributed by atoms with Crippen LogP contribution in [0.4, 0.5) is 20.7 Å². The van der Waals surface area contributed by atoms with Crippen molar-refractivity contribution in [3.8, 4) is 6.07 Å². The predicted octanol–water partition coefficient (Wildman–Crippen LogP) is 2.06. The molecular formula is C16H11FN4O3. The summed E-state index contributed by atoms with van der Waals surface area (Å²) in [5.74, 6) is -0.904. The van der Waals surface area contributed by atoms with E-state index in [1.54, 1.807) is 0 Å². The molecule has 2 aromatic rings. The molecule has 0 radical (unpaired) electrons. The van der Waals surface area contributed by atoms with Gasteiger partial charge in [-0.2, -0.15) is 5.26 Å². The van der Waals surface area contributed by atoms with Gasteiger partial charge in [0.05, 0.1) is 11.6 Å². The van der Waals surface area contributed by atoms with Gasteiger partial charge >= 0.3 is 6.09 Å². The Morgan fingerprint density at radius 1 is 1.42 bits per heavy atom. The Kier molecular flexibility index (Phi) is 4.07. The fourth-order valence-electron chi connectivity index (χ4n) is 2.28. The Morgan fingerprint density at radius 2 is 2.25 bits per heavy atom. The lowest BCUT2D eigenvalue weighted by Crippen LogP contribution is -2.43. The third-order valence-electron chi connectivity index (χ3n) is 3.39. The van der Waals surface area contributed by atoms with Crippen molar-refractivity contribution in [1.29, 1.82) is 5.26 Å². The number of halogens is 1. The van der Waals surface area contributed by atoms with E-state index < -0.39 is 23.9 Å². The Morgan fingerprint density at radius 3 is 3.00 bits per heavy atom. The van der Waals surface area contributed by atoms with Gasteiger partial charge in [-0.05, 0) is 30.3 Å². The zero-order chi connectivity index (χ0) is 17.1. The average Bonchev–Trinajstić information content (AvgIpc) is 2.96. The lowest BCUT2D eigenvalue weighted by Gasteiger charge is -2.19. The summed E-state index contributed by atoms with van der Waals surface area (Å²) in [5.41, 5.74) is 0.557. The SMILES string of the molecule is N#Cc1ccnc(N2C(=O)OCC2C(=O)Nc2cccc(F)c2)c1. The second kappa shape index (κ2) is 6.34. The molecule has 0 spiro atoms. The van der Waals surface area contributed by atoms with Gasteiger partial charge in [0.15, 0.2) is 6.04 Å². The molecule has 1 aromatic carbocycles. The maximum atomic E-state index is 13.2. The molecule has 1 aliphatic rings. The van der Waals surface area contributed by atoms with Crippen molar-refractivity contribution in [2.75, 3.05) is 16.8 Å². The van der Waals surface area contributed by atoms with E-state index in [9.17, 15) is 14.0 Å². The van der Waals surface area contributed by atoms with Gasteiger partial charge in [0, 0.05) is 11.9 Å². The van der Waals surface area contributed by atoms with Crippen molar-refractivity contribution in [2.24, 2.45) is 0 Å². The van der Waals surface area contributed by atoms with Crippen molar-refractivity contribution >= 4 is 23.5 Å². The second-order valence-electron chi connectivity index (χ2n) is 4.98. The first kappa shape index (κ1) is 15.4. The summed E-state index contributed by atoms with van der Waals surface area (Å²) in [6.07, 6.45) is 0.623. The van der Waals surface area contributed by atoms with E-state index in [4.69, 9.17) is 10.00 Å². The molecule has 8 heteroatoms. The molecule has 2 heterocycles. The summed E-state index contributed by atoms with van der Waals surface area (Å²) < 4.78 is 18.1. The minimum absolute atomic E-state index is 0.135. The van der Waals surface area contributed by atoms with Crippen LogP contribution in [0.1, 0.15) is 5.56 Å². The maximum absolute atomic E-state index is 13.2. The highest BCUT2D eigenvalue weighted by molar-refractivity contribution is 6.04. The minimum atomic E-state index is -0.970. The minimum Gasteiger partial charge on any atom is -0.446 e. The highest BCUT2D eigenvalue weighted by Crippen LogP contribution is 2.23. The number of benzene rings is 1. The first-order valence-corrected chi connectivity index (χ1v) is 6.97. The quantitative estimate of drug-likeness (QED) is 0.931. The number of carbonyl (C=O) groups excluding carboxylic acids is 2. The zero-order valence-corrected chi connectivity index (χ0v) is 12.3. The van der Waals surface area contributed by atoms with Gasteiger partial charge in [0.2, 0.25) is 0 Å².